The van der Waals surface area contributed by atoms with E-state index in [1.165, 1.54) is 4.90 Å². The van der Waals surface area contributed by atoms with Crippen LogP contribution in [0.2, 0.25) is 10.0 Å². The SMILES string of the molecule is Cc1ccc(CC2C(C(=O)NCCCc3ccc(Cl)c(Cl)c3)C(=O)C(=O)N2C)cc1. The average Bonchev–Trinajstić information content (AvgIpc) is 2.93. The number of aryl methyl sites for hydroxylation is 2. The van der Waals surface area contributed by atoms with Crippen LogP contribution in [-0.4, -0.2) is 42.1 Å². The van der Waals surface area contributed by atoms with Gasteiger partial charge in [0.25, 0.3) is 5.91 Å². The third-order valence-corrected chi connectivity index (χ3v) is 6.21. The van der Waals surface area contributed by atoms with Crippen molar-refractivity contribution in [2.75, 3.05) is 13.6 Å². The highest BCUT2D eigenvalue weighted by molar-refractivity contribution is 6.43. The minimum Gasteiger partial charge on any atom is -0.355 e. The molecule has 1 N–H and O–H groups in total. The third-order valence-electron chi connectivity index (χ3n) is 5.47. The average molecular weight is 447 g/mol. The molecule has 0 saturated carbocycles. The van der Waals surface area contributed by atoms with E-state index >= 15 is 0 Å². The Morgan fingerprint density at radius 1 is 1.03 bits per heavy atom. The fourth-order valence-electron chi connectivity index (χ4n) is 3.68. The lowest BCUT2D eigenvalue weighted by molar-refractivity contribution is -0.142. The molecule has 0 spiro atoms. The number of nitrogens with one attached hydrogen (secondary N) is 1. The fraction of sp³-hybridized carbons (Fsp3) is 0.348. The Bertz CT molecular complexity index is 959. The van der Waals surface area contributed by atoms with Crippen molar-refractivity contribution in [3.8, 4) is 0 Å². The van der Waals surface area contributed by atoms with E-state index in [2.05, 4.69) is 5.32 Å². The number of Topliss-reactive ketones (excluding diaryl/α,β-unsaturated/α-hetero) is 1. The van der Waals surface area contributed by atoms with Crippen LogP contribution in [0.25, 0.3) is 0 Å². The van der Waals surface area contributed by atoms with Gasteiger partial charge in [0.15, 0.2) is 0 Å². The van der Waals surface area contributed by atoms with Crippen molar-refractivity contribution in [3.63, 3.8) is 0 Å². The van der Waals surface area contributed by atoms with Crippen LogP contribution in [0.4, 0.5) is 0 Å². The molecule has 7 heteroatoms. The third kappa shape index (κ3) is 5.02. The van der Waals surface area contributed by atoms with Gasteiger partial charge in [0.05, 0.1) is 16.1 Å². The smallest absolute Gasteiger partial charge is 0.290 e. The number of hydrogen-bond acceptors (Lipinski definition) is 3. The van der Waals surface area contributed by atoms with E-state index in [0.29, 0.717) is 35.9 Å². The standard InChI is InChI=1S/C23H24Cl2N2O3/c1-14-5-7-16(8-6-14)13-19-20(21(28)23(30)27(19)2)22(29)26-11-3-4-15-9-10-17(24)18(25)12-15/h5-10,12,19-20H,3-4,11,13H2,1-2H3,(H,26,29). The van der Waals surface area contributed by atoms with Gasteiger partial charge in [0.1, 0.15) is 5.92 Å². The largest absolute Gasteiger partial charge is 0.355 e. The number of ketones is 1. The number of benzene rings is 2. The van der Waals surface area contributed by atoms with Crippen LogP contribution in [0.3, 0.4) is 0 Å². The maximum atomic E-state index is 12.8. The first-order valence-corrected chi connectivity index (χ1v) is 10.6. The Balaban J connectivity index is 1.60. The number of carbonyl (C=O) groups excluding carboxylic acids is 3. The van der Waals surface area contributed by atoms with Gasteiger partial charge in [-0.2, -0.15) is 0 Å². The molecule has 0 aromatic heterocycles. The number of amides is 2. The van der Waals surface area contributed by atoms with Crippen LogP contribution in [0, 0.1) is 12.8 Å². The van der Waals surface area contributed by atoms with E-state index in [-0.39, 0.29) is 0 Å². The summed E-state index contributed by atoms with van der Waals surface area (Å²) in [5.74, 6) is -2.64. The second-order valence-electron chi connectivity index (χ2n) is 7.66. The van der Waals surface area contributed by atoms with Gasteiger partial charge in [0.2, 0.25) is 11.7 Å². The van der Waals surface area contributed by atoms with E-state index in [1.807, 2.05) is 37.3 Å². The molecule has 1 saturated heterocycles. The first-order chi connectivity index (χ1) is 14.3. The van der Waals surface area contributed by atoms with Crippen LogP contribution in [-0.2, 0) is 27.2 Å². The molecule has 2 unspecified atom stereocenters. The second kappa shape index (κ2) is 9.63. The molecule has 1 aliphatic rings. The molecule has 0 aliphatic carbocycles. The molecule has 0 radical (unpaired) electrons. The zero-order valence-corrected chi connectivity index (χ0v) is 18.5. The number of likely N-dealkylation sites (tertiary alicyclic amines) is 1. The minimum atomic E-state index is -0.992. The van der Waals surface area contributed by atoms with Crippen LogP contribution in [0.15, 0.2) is 42.5 Å². The Kier molecular flexibility index (Phi) is 7.16. The van der Waals surface area contributed by atoms with Crippen molar-refractivity contribution in [1.29, 1.82) is 0 Å². The Morgan fingerprint density at radius 3 is 2.37 bits per heavy atom. The van der Waals surface area contributed by atoms with Gasteiger partial charge in [-0.05, 0) is 49.4 Å². The van der Waals surface area contributed by atoms with Gasteiger partial charge in [-0.3, -0.25) is 14.4 Å². The molecular weight excluding hydrogens is 423 g/mol. The van der Waals surface area contributed by atoms with Crippen molar-refractivity contribution >= 4 is 40.8 Å². The van der Waals surface area contributed by atoms with Crippen molar-refractivity contribution < 1.29 is 14.4 Å². The first-order valence-electron chi connectivity index (χ1n) is 9.86. The Morgan fingerprint density at radius 2 is 1.70 bits per heavy atom. The molecule has 2 atom stereocenters. The van der Waals surface area contributed by atoms with Gasteiger partial charge in [-0.1, -0.05) is 59.1 Å². The summed E-state index contributed by atoms with van der Waals surface area (Å²) >= 11 is 11.9. The van der Waals surface area contributed by atoms with Crippen molar-refractivity contribution in [3.05, 3.63) is 69.2 Å². The minimum absolute atomic E-state index is 0.399. The molecule has 1 fully saturated rings. The predicted molar refractivity (Wildman–Crippen MR) is 118 cm³/mol. The van der Waals surface area contributed by atoms with Gasteiger partial charge < -0.3 is 10.2 Å². The number of carbonyl (C=O) groups is 3. The maximum Gasteiger partial charge on any atom is 0.290 e. The molecular formula is C23H24Cl2N2O3. The summed E-state index contributed by atoms with van der Waals surface area (Å²) in [5, 5.41) is 3.82. The highest BCUT2D eigenvalue weighted by Crippen LogP contribution is 2.26. The number of hydrogen-bond donors (Lipinski definition) is 1. The van der Waals surface area contributed by atoms with Crippen LogP contribution >= 0.6 is 23.2 Å². The van der Waals surface area contributed by atoms with E-state index in [4.69, 9.17) is 23.2 Å². The fourth-order valence-corrected chi connectivity index (χ4v) is 4.00. The van der Waals surface area contributed by atoms with E-state index in [9.17, 15) is 14.4 Å². The summed E-state index contributed by atoms with van der Waals surface area (Å²) in [4.78, 5) is 38.8. The molecule has 2 amide bonds. The van der Waals surface area contributed by atoms with Gasteiger partial charge in [0, 0.05) is 13.6 Å². The van der Waals surface area contributed by atoms with Crippen molar-refractivity contribution in [2.45, 2.75) is 32.2 Å². The summed E-state index contributed by atoms with van der Waals surface area (Å²) in [6, 6.07) is 12.8. The molecule has 2 aromatic rings. The predicted octanol–water partition coefficient (Wildman–Crippen LogP) is 3.62. The second-order valence-corrected chi connectivity index (χ2v) is 8.47. The summed E-state index contributed by atoms with van der Waals surface area (Å²) in [6.07, 6.45) is 1.84. The first kappa shape index (κ1) is 22.3. The zero-order chi connectivity index (χ0) is 21.8. The molecule has 2 aromatic carbocycles. The number of nitrogens with zero attached hydrogens (tertiary/aromatic N) is 1. The normalized spacial score (nSPS) is 18.7. The van der Waals surface area contributed by atoms with Crippen LogP contribution in [0.5, 0.6) is 0 Å². The highest BCUT2D eigenvalue weighted by atomic mass is 35.5. The molecule has 0 bridgehead atoms. The summed E-state index contributed by atoms with van der Waals surface area (Å²) < 4.78 is 0. The highest BCUT2D eigenvalue weighted by Gasteiger charge is 2.49. The van der Waals surface area contributed by atoms with E-state index in [1.54, 1.807) is 19.2 Å². The molecule has 1 aliphatic heterocycles. The zero-order valence-electron chi connectivity index (χ0n) is 17.0. The topological polar surface area (TPSA) is 66.5 Å². The lowest BCUT2D eigenvalue weighted by atomic mass is 9.92. The van der Waals surface area contributed by atoms with E-state index in [0.717, 1.165) is 16.7 Å². The van der Waals surface area contributed by atoms with E-state index < -0.39 is 29.6 Å². The summed E-state index contributed by atoms with van der Waals surface area (Å²) in [5.41, 5.74) is 3.13. The summed E-state index contributed by atoms with van der Waals surface area (Å²) in [6.45, 7) is 2.39. The van der Waals surface area contributed by atoms with Gasteiger partial charge in [-0.15, -0.1) is 0 Å². The van der Waals surface area contributed by atoms with Crippen molar-refractivity contribution in [1.82, 2.24) is 10.2 Å². The number of halogens is 2. The Labute approximate surface area is 186 Å². The summed E-state index contributed by atoms with van der Waals surface area (Å²) in [7, 11) is 1.58. The molecule has 1 heterocycles. The molecule has 158 valence electrons. The Hall–Kier alpha value is -2.37. The number of likely N-dealkylation sites (N-methyl/N-ethyl adjacent to an activating group) is 1. The number of rotatable bonds is 7. The monoisotopic (exact) mass is 446 g/mol. The maximum absolute atomic E-state index is 12.8. The lowest BCUT2D eigenvalue weighted by Crippen LogP contribution is -2.42. The van der Waals surface area contributed by atoms with Gasteiger partial charge >= 0.3 is 0 Å². The van der Waals surface area contributed by atoms with Gasteiger partial charge in [-0.25, -0.2) is 0 Å². The molecule has 30 heavy (non-hydrogen) atoms. The van der Waals surface area contributed by atoms with Crippen LogP contribution < -0.4 is 5.32 Å². The van der Waals surface area contributed by atoms with Crippen molar-refractivity contribution in [2.24, 2.45) is 5.92 Å². The lowest BCUT2D eigenvalue weighted by Gasteiger charge is -2.23. The molecule has 5 nitrogen and oxygen atoms in total. The quantitative estimate of drug-likeness (QED) is 0.401. The van der Waals surface area contributed by atoms with Crippen LogP contribution in [0.1, 0.15) is 23.1 Å². The molecule has 3 rings (SSSR count).